The normalized spacial score (nSPS) is 10.1. The highest BCUT2D eigenvalue weighted by molar-refractivity contribution is 5.92. The first-order chi connectivity index (χ1) is 10.9. The maximum absolute atomic E-state index is 11.1. The van der Waals surface area contributed by atoms with Crippen LogP contribution in [0.4, 0.5) is 17.1 Å². The van der Waals surface area contributed by atoms with Crippen molar-refractivity contribution in [2.24, 2.45) is 0 Å². The van der Waals surface area contributed by atoms with Crippen molar-refractivity contribution in [2.75, 3.05) is 5.32 Å². The summed E-state index contributed by atoms with van der Waals surface area (Å²) < 4.78 is 0. The topological polar surface area (TPSA) is 136 Å². The number of hydrogen-bond donors (Lipinski definition) is 2. The van der Waals surface area contributed by atoms with Gasteiger partial charge in [-0.1, -0.05) is 30.3 Å². The highest BCUT2D eigenvalue weighted by atomic mass is 16.6. The van der Waals surface area contributed by atoms with Crippen LogP contribution in [0.2, 0.25) is 0 Å². The first-order valence-electron chi connectivity index (χ1n) is 6.38. The molecule has 9 nitrogen and oxygen atoms in total. The van der Waals surface area contributed by atoms with Crippen molar-refractivity contribution >= 4 is 23.0 Å². The lowest BCUT2D eigenvalue weighted by Gasteiger charge is -2.09. The van der Waals surface area contributed by atoms with Crippen LogP contribution in [0, 0.1) is 20.2 Å². The highest BCUT2D eigenvalue weighted by Crippen LogP contribution is 2.36. The number of nitro groups is 2. The fourth-order valence-corrected chi connectivity index (χ4v) is 1.99. The Labute approximate surface area is 129 Å². The Bertz CT molecular complexity index is 740. The van der Waals surface area contributed by atoms with Crippen LogP contribution in [0.5, 0.6) is 0 Å². The number of nitrogens with zero attached hydrogens (tertiary/aromatic N) is 2. The van der Waals surface area contributed by atoms with Crippen molar-refractivity contribution in [3.63, 3.8) is 0 Å². The van der Waals surface area contributed by atoms with Crippen LogP contribution in [0.15, 0.2) is 42.5 Å². The van der Waals surface area contributed by atoms with E-state index in [-0.39, 0.29) is 12.2 Å². The number of carbonyl (C=O) groups is 1. The molecule has 2 aromatic carbocycles. The number of hydrogen-bond acceptors (Lipinski definition) is 6. The number of nitro benzene ring substituents is 2. The summed E-state index contributed by atoms with van der Waals surface area (Å²) >= 11 is 0. The van der Waals surface area contributed by atoms with Crippen molar-refractivity contribution in [1.29, 1.82) is 0 Å². The van der Waals surface area contributed by atoms with Gasteiger partial charge < -0.3 is 10.4 Å². The molecular formula is C14H11N3O6. The number of carboxylic acids is 1. The number of carboxylic acid groups (broad SMARTS) is 1. The third kappa shape index (κ3) is 3.59. The smallest absolute Gasteiger partial charge is 0.336 e. The van der Waals surface area contributed by atoms with Crippen molar-refractivity contribution in [2.45, 2.75) is 6.54 Å². The lowest BCUT2D eigenvalue weighted by Crippen LogP contribution is -2.08. The molecule has 0 heterocycles. The zero-order valence-corrected chi connectivity index (χ0v) is 11.6. The predicted octanol–water partition coefficient (Wildman–Crippen LogP) is 2.81. The average molecular weight is 317 g/mol. The summed E-state index contributed by atoms with van der Waals surface area (Å²) in [5.41, 5.74) is -1.40. The van der Waals surface area contributed by atoms with Gasteiger partial charge in [0.2, 0.25) is 0 Å². The second-order valence-corrected chi connectivity index (χ2v) is 4.55. The third-order valence-corrected chi connectivity index (χ3v) is 3.05. The monoisotopic (exact) mass is 317 g/mol. The second kappa shape index (κ2) is 6.52. The molecule has 0 atom stereocenters. The first-order valence-corrected chi connectivity index (χ1v) is 6.38. The molecule has 118 valence electrons. The lowest BCUT2D eigenvalue weighted by atomic mass is 10.1. The van der Waals surface area contributed by atoms with Gasteiger partial charge >= 0.3 is 5.97 Å². The third-order valence-electron chi connectivity index (χ3n) is 3.05. The van der Waals surface area contributed by atoms with E-state index in [1.165, 1.54) is 0 Å². The summed E-state index contributed by atoms with van der Waals surface area (Å²) in [6.45, 7) is 0.120. The Morgan fingerprint density at radius 2 is 1.57 bits per heavy atom. The molecule has 0 amide bonds. The van der Waals surface area contributed by atoms with E-state index in [1.807, 2.05) is 0 Å². The molecule has 23 heavy (non-hydrogen) atoms. The van der Waals surface area contributed by atoms with E-state index in [0.29, 0.717) is 0 Å². The fourth-order valence-electron chi connectivity index (χ4n) is 1.99. The molecule has 0 aliphatic carbocycles. The molecule has 0 radical (unpaired) electrons. The predicted molar refractivity (Wildman–Crippen MR) is 80.5 cm³/mol. The summed E-state index contributed by atoms with van der Waals surface area (Å²) in [4.78, 5) is 31.5. The molecule has 9 heteroatoms. The van der Waals surface area contributed by atoms with Gasteiger partial charge in [-0.2, -0.15) is 0 Å². The molecule has 0 spiro atoms. The molecule has 2 rings (SSSR count). The van der Waals surface area contributed by atoms with Gasteiger partial charge in [0.05, 0.1) is 15.4 Å². The molecule has 0 aromatic heterocycles. The molecule has 0 aliphatic rings. The summed E-state index contributed by atoms with van der Waals surface area (Å²) in [7, 11) is 0. The highest BCUT2D eigenvalue weighted by Gasteiger charge is 2.28. The molecule has 0 aliphatic heterocycles. The van der Waals surface area contributed by atoms with E-state index in [0.717, 1.165) is 17.7 Å². The van der Waals surface area contributed by atoms with Crippen molar-refractivity contribution in [1.82, 2.24) is 0 Å². The lowest BCUT2D eigenvalue weighted by molar-refractivity contribution is -0.392. The number of rotatable bonds is 6. The van der Waals surface area contributed by atoms with Crippen LogP contribution in [-0.2, 0) is 6.54 Å². The molecular weight excluding hydrogens is 306 g/mol. The van der Waals surface area contributed by atoms with E-state index in [1.54, 1.807) is 30.3 Å². The molecule has 0 fully saturated rings. The molecule has 0 saturated heterocycles. The van der Waals surface area contributed by atoms with E-state index in [2.05, 4.69) is 5.32 Å². The maximum Gasteiger partial charge on any atom is 0.336 e. The SMILES string of the molecule is O=C(O)c1cc([N+](=O)[O-])c(NCc2ccccc2)c([N+](=O)[O-])c1. The zero-order valence-electron chi connectivity index (χ0n) is 11.6. The standard InChI is InChI=1S/C14H11N3O6/c18-14(19)10-6-11(16(20)21)13(12(7-10)17(22)23)15-8-9-4-2-1-3-5-9/h1-7,15H,8H2,(H,18,19). The number of nitrogens with one attached hydrogen (secondary N) is 1. The molecule has 2 aromatic rings. The second-order valence-electron chi connectivity index (χ2n) is 4.55. The molecule has 0 unspecified atom stereocenters. The van der Waals surface area contributed by atoms with Crippen LogP contribution in [0.25, 0.3) is 0 Å². The van der Waals surface area contributed by atoms with Crippen molar-refractivity contribution < 1.29 is 19.7 Å². The summed E-state index contributed by atoms with van der Waals surface area (Å²) in [6.07, 6.45) is 0. The van der Waals surface area contributed by atoms with Crippen LogP contribution < -0.4 is 5.32 Å². The Morgan fingerprint density at radius 1 is 1.04 bits per heavy atom. The van der Waals surface area contributed by atoms with Crippen LogP contribution >= 0.6 is 0 Å². The molecule has 0 bridgehead atoms. The summed E-state index contributed by atoms with van der Waals surface area (Å²) in [5, 5.41) is 33.8. The van der Waals surface area contributed by atoms with E-state index < -0.39 is 32.8 Å². The van der Waals surface area contributed by atoms with Crippen LogP contribution in [0.1, 0.15) is 15.9 Å². The van der Waals surface area contributed by atoms with Gasteiger partial charge in [-0.05, 0) is 5.56 Å². The minimum Gasteiger partial charge on any atom is -0.478 e. The van der Waals surface area contributed by atoms with Crippen molar-refractivity contribution in [3.8, 4) is 0 Å². The summed E-state index contributed by atoms with van der Waals surface area (Å²) in [6, 6.07) is 10.4. The van der Waals surface area contributed by atoms with E-state index >= 15 is 0 Å². The number of anilines is 1. The zero-order chi connectivity index (χ0) is 17.0. The maximum atomic E-state index is 11.1. The van der Waals surface area contributed by atoms with Gasteiger partial charge in [0, 0.05) is 18.7 Å². The van der Waals surface area contributed by atoms with Crippen molar-refractivity contribution in [3.05, 3.63) is 73.8 Å². The molecule has 0 saturated carbocycles. The fraction of sp³-hybridized carbons (Fsp3) is 0.0714. The minimum absolute atomic E-state index is 0.120. The van der Waals surface area contributed by atoms with Crippen LogP contribution in [0.3, 0.4) is 0 Å². The minimum atomic E-state index is -1.48. The Hall–Kier alpha value is -3.49. The van der Waals surface area contributed by atoms with E-state index in [4.69, 9.17) is 5.11 Å². The largest absolute Gasteiger partial charge is 0.478 e. The van der Waals surface area contributed by atoms with E-state index in [9.17, 15) is 25.0 Å². The number of benzene rings is 2. The van der Waals surface area contributed by atoms with Gasteiger partial charge in [-0.15, -0.1) is 0 Å². The Kier molecular flexibility index (Phi) is 4.50. The number of aromatic carboxylic acids is 1. The quantitative estimate of drug-likeness (QED) is 0.617. The van der Waals surface area contributed by atoms with Gasteiger partial charge in [-0.3, -0.25) is 20.2 Å². The van der Waals surface area contributed by atoms with Crippen LogP contribution in [-0.4, -0.2) is 20.9 Å². The Morgan fingerprint density at radius 3 is 2.00 bits per heavy atom. The van der Waals surface area contributed by atoms with Gasteiger partial charge in [0.25, 0.3) is 11.4 Å². The Balaban J connectivity index is 2.48. The summed E-state index contributed by atoms with van der Waals surface area (Å²) in [5.74, 6) is -1.48. The van der Waals surface area contributed by atoms with Gasteiger partial charge in [0.1, 0.15) is 0 Å². The van der Waals surface area contributed by atoms with Gasteiger partial charge in [-0.25, -0.2) is 4.79 Å². The average Bonchev–Trinajstić information content (AvgIpc) is 2.52. The molecule has 2 N–H and O–H groups in total. The van der Waals surface area contributed by atoms with Gasteiger partial charge in [0.15, 0.2) is 5.69 Å². The first kappa shape index (κ1) is 15.9.